The van der Waals surface area contributed by atoms with Crippen LogP contribution in [0.4, 0.5) is 10.1 Å². The van der Waals surface area contributed by atoms with Crippen LogP contribution in [0.5, 0.6) is 5.75 Å². The molecule has 2 aromatic carbocycles. The number of halogens is 2. The molecule has 0 aliphatic carbocycles. The molecule has 2 aromatic rings. The van der Waals surface area contributed by atoms with Gasteiger partial charge in [0.05, 0.1) is 17.7 Å². The van der Waals surface area contributed by atoms with Gasteiger partial charge in [-0.25, -0.2) is 12.8 Å². The molecule has 0 aliphatic heterocycles. The second kappa shape index (κ2) is 7.13. The molecule has 0 unspecified atom stereocenters. The first-order valence-electron chi connectivity index (χ1n) is 7.25. The van der Waals surface area contributed by atoms with Gasteiger partial charge in [-0.05, 0) is 50.2 Å². The molecule has 5 nitrogen and oxygen atoms in total. The van der Waals surface area contributed by atoms with Gasteiger partial charge in [-0.1, -0.05) is 15.9 Å². The molecule has 0 fully saturated rings. The summed E-state index contributed by atoms with van der Waals surface area (Å²) in [6, 6.07) is 9.59. The third kappa shape index (κ3) is 3.85. The van der Waals surface area contributed by atoms with Gasteiger partial charge in [0, 0.05) is 10.5 Å². The second-order valence-electron chi connectivity index (χ2n) is 5.77. The van der Waals surface area contributed by atoms with E-state index in [-0.39, 0.29) is 16.3 Å². The van der Waals surface area contributed by atoms with Crippen molar-refractivity contribution in [3.8, 4) is 5.75 Å². The van der Waals surface area contributed by atoms with Crippen LogP contribution in [0.1, 0.15) is 13.8 Å². The van der Waals surface area contributed by atoms with Crippen LogP contribution >= 0.6 is 15.9 Å². The molecule has 8 heteroatoms. The summed E-state index contributed by atoms with van der Waals surface area (Å²) in [7, 11) is -2.62. The monoisotopic (exact) mass is 429 g/mol. The topological polar surface area (TPSA) is 72.5 Å². The van der Waals surface area contributed by atoms with Crippen molar-refractivity contribution in [1.82, 2.24) is 0 Å². The lowest BCUT2D eigenvalue weighted by atomic mass is 10.2. The largest absolute Gasteiger partial charge is 0.494 e. The maximum atomic E-state index is 13.3. The van der Waals surface area contributed by atoms with Crippen molar-refractivity contribution in [3.05, 3.63) is 52.8 Å². The standard InChI is InChI=1S/C17H17BrFNO4S/c1-17(2,25(22,23)13-7-4-11(18)5-8-13)16(21)20-14-9-6-12(19)10-15(14)24-3/h4-10H,1-3H3,(H,20,21). The van der Waals surface area contributed by atoms with Crippen LogP contribution in [0.15, 0.2) is 51.8 Å². The van der Waals surface area contributed by atoms with Gasteiger partial charge in [0.25, 0.3) is 0 Å². The molecule has 0 radical (unpaired) electrons. The zero-order valence-corrected chi connectivity index (χ0v) is 16.2. The van der Waals surface area contributed by atoms with Crippen LogP contribution in [0.3, 0.4) is 0 Å². The lowest BCUT2D eigenvalue weighted by molar-refractivity contribution is -0.117. The summed E-state index contributed by atoms with van der Waals surface area (Å²) in [5.41, 5.74) is 0.188. The molecule has 1 N–H and O–H groups in total. The van der Waals surface area contributed by atoms with E-state index in [2.05, 4.69) is 21.2 Å². The first-order valence-corrected chi connectivity index (χ1v) is 9.52. The van der Waals surface area contributed by atoms with E-state index in [1.807, 2.05) is 0 Å². The average Bonchev–Trinajstić information content (AvgIpc) is 2.56. The molecule has 0 aromatic heterocycles. The van der Waals surface area contributed by atoms with Crippen molar-refractivity contribution >= 4 is 37.4 Å². The van der Waals surface area contributed by atoms with E-state index >= 15 is 0 Å². The first kappa shape index (κ1) is 19.4. The number of amides is 1. The number of hydrogen-bond donors (Lipinski definition) is 1. The lowest BCUT2D eigenvalue weighted by Gasteiger charge is -2.24. The molecular formula is C17H17BrFNO4S. The van der Waals surface area contributed by atoms with Crippen molar-refractivity contribution in [1.29, 1.82) is 0 Å². The molecular weight excluding hydrogens is 413 g/mol. The Morgan fingerprint density at radius 2 is 1.76 bits per heavy atom. The van der Waals surface area contributed by atoms with Crippen molar-refractivity contribution < 1.29 is 22.3 Å². The van der Waals surface area contributed by atoms with E-state index in [0.717, 1.165) is 16.6 Å². The van der Waals surface area contributed by atoms with E-state index in [9.17, 15) is 17.6 Å². The molecule has 0 atom stereocenters. The number of sulfone groups is 1. The molecule has 134 valence electrons. The van der Waals surface area contributed by atoms with Crippen molar-refractivity contribution in [3.63, 3.8) is 0 Å². The SMILES string of the molecule is COc1cc(F)ccc1NC(=O)C(C)(C)S(=O)(=O)c1ccc(Br)cc1. The number of methoxy groups -OCH3 is 1. The predicted molar refractivity (Wildman–Crippen MR) is 97.0 cm³/mol. The lowest BCUT2D eigenvalue weighted by Crippen LogP contribution is -2.44. The van der Waals surface area contributed by atoms with Crippen LogP contribution in [0.2, 0.25) is 0 Å². The van der Waals surface area contributed by atoms with E-state index in [4.69, 9.17) is 4.74 Å². The number of carbonyl (C=O) groups excluding carboxylic acids is 1. The average molecular weight is 430 g/mol. The maximum Gasteiger partial charge on any atom is 0.245 e. The third-order valence-corrected chi connectivity index (χ3v) is 6.70. The van der Waals surface area contributed by atoms with Gasteiger partial charge < -0.3 is 10.1 Å². The Morgan fingerprint density at radius 3 is 2.32 bits per heavy atom. The van der Waals surface area contributed by atoms with Gasteiger partial charge in [-0.2, -0.15) is 0 Å². The zero-order chi connectivity index (χ0) is 18.8. The molecule has 0 heterocycles. The summed E-state index contributed by atoms with van der Waals surface area (Å²) in [5.74, 6) is -1.18. The molecule has 25 heavy (non-hydrogen) atoms. The summed E-state index contributed by atoms with van der Waals surface area (Å²) < 4.78 is 42.9. The quantitative estimate of drug-likeness (QED) is 0.784. The second-order valence-corrected chi connectivity index (χ2v) is 9.18. The third-order valence-electron chi connectivity index (χ3n) is 3.75. The minimum absolute atomic E-state index is 0.0296. The summed E-state index contributed by atoms with van der Waals surface area (Å²) in [5, 5.41) is 2.50. The fourth-order valence-corrected chi connectivity index (χ4v) is 3.71. The van der Waals surface area contributed by atoms with Crippen molar-refractivity contribution in [2.75, 3.05) is 12.4 Å². The van der Waals surface area contributed by atoms with Gasteiger partial charge in [-0.3, -0.25) is 4.79 Å². The number of carbonyl (C=O) groups is 1. The first-order chi connectivity index (χ1) is 11.6. The molecule has 2 rings (SSSR count). The highest BCUT2D eigenvalue weighted by Crippen LogP contribution is 2.30. The van der Waals surface area contributed by atoms with E-state index in [1.54, 1.807) is 12.1 Å². The molecule has 1 amide bonds. The van der Waals surface area contributed by atoms with Crippen LogP contribution < -0.4 is 10.1 Å². The van der Waals surface area contributed by atoms with Crippen molar-refractivity contribution in [2.45, 2.75) is 23.5 Å². The summed E-state index contributed by atoms with van der Waals surface area (Å²) in [4.78, 5) is 12.7. The number of nitrogens with one attached hydrogen (secondary N) is 1. The Morgan fingerprint density at radius 1 is 1.16 bits per heavy atom. The Balaban J connectivity index is 2.35. The molecule has 0 spiro atoms. The number of anilines is 1. The summed E-state index contributed by atoms with van der Waals surface area (Å²) >= 11 is 3.24. The fraction of sp³-hybridized carbons (Fsp3) is 0.235. The van der Waals surface area contributed by atoms with E-state index in [1.165, 1.54) is 39.2 Å². The Kier molecular flexibility index (Phi) is 5.53. The van der Waals surface area contributed by atoms with E-state index in [0.29, 0.717) is 0 Å². The van der Waals surface area contributed by atoms with Gasteiger partial charge in [0.2, 0.25) is 5.91 Å². The highest BCUT2D eigenvalue weighted by molar-refractivity contribution is 9.10. The maximum absolute atomic E-state index is 13.3. The van der Waals surface area contributed by atoms with Crippen LogP contribution in [-0.2, 0) is 14.6 Å². The number of benzene rings is 2. The van der Waals surface area contributed by atoms with Gasteiger partial charge in [0.1, 0.15) is 16.3 Å². The molecule has 0 saturated carbocycles. The van der Waals surface area contributed by atoms with Gasteiger partial charge in [0.15, 0.2) is 9.84 Å². The zero-order valence-electron chi connectivity index (χ0n) is 13.8. The van der Waals surface area contributed by atoms with Crippen LogP contribution in [0.25, 0.3) is 0 Å². The van der Waals surface area contributed by atoms with Crippen LogP contribution in [0, 0.1) is 5.82 Å². The molecule has 0 saturated heterocycles. The number of hydrogen-bond acceptors (Lipinski definition) is 4. The molecule has 0 bridgehead atoms. The molecule has 0 aliphatic rings. The van der Waals surface area contributed by atoms with E-state index < -0.39 is 26.3 Å². The normalized spacial score (nSPS) is 11.9. The Bertz CT molecular complexity index is 895. The predicted octanol–water partition coefficient (Wildman–Crippen LogP) is 3.79. The number of ether oxygens (including phenoxy) is 1. The highest BCUT2D eigenvalue weighted by Gasteiger charge is 2.43. The summed E-state index contributed by atoms with van der Waals surface area (Å²) in [6.07, 6.45) is 0. The minimum atomic E-state index is -3.95. The Labute approximate surface area is 154 Å². The fourth-order valence-electron chi connectivity index (χ4n) is 2.07. The summed E-state index contributed by atoms with van der Waals surface area (Å²) in [6.45, 7) is 2.63. The Hall–Kier alpha value is -1.93. The smallest absolute Gasteiger partial charge is 0.245 e. The minimum Gasteiger partial charge on any atom is -0.494 e. The highest BCUT2D eigenvalue weighted by atomic mass is 79.9. The number of rotatable bonds is 5. The van der Waals surface area contributed by atoms with Crippen LogP contribution in [-0.4, -0.2) is 26.2 Å². The van der Waals surface area contributed by atoms with Gasteiger partial charge >= 0.3 is 0 Å². The van der Waals surface area contributed by atoms with Gasteiger partial charge in [-0.15, -0.1) is 0 Å². The van der Waals surface area contributed by atoms with Crippen molar-refractivity contribution in [2.24, 2.45) is 0 Å².